The number of Topliss-reactive ketones (excluding diaryl/α,β-unsaturated/α-hetero) is 1. The number of hydrogen-bond donors (Lipinski definition) is 0. The van der Waals surface area contributed by atoms with Gasteiger partial charge in [0.05, 0.1) is 13.2 Å². The van der Waals surface area contributed by atoms with Crippen LogP contribution in [0.1, 0.15) is 31.9 Å². The molecule has 1 aliphatic rings. The van der Waals surface area contributed by atoms with Crippen LogP contribution >= 0.6 is 0 Å². The zero-order valence-electron chi connectivity index (χ0n) is 11.5. The zero-order valence-corrected chi connectivity index (χ0v) is 11.5. The summed E-state index contributed by atoms with van der Waals surface area (Å²) in [7, 11) is 0. The van der Waals surface area contributed by atoms with Gasteiger partial charge in [-0.15, -0.1) is 0 Å². The Morgan fingerprint density at radius 3 is 2.33 bits per heavy atom. The lowest BCUT2D eigenvalue weighted by Crippen LogP contribution is -2.26. The van der Waals surface area contributed by atoms with E-state index in [-0.39, 0.29) is 11.2 Å². The third-order valence-electron chi connectivity index (χ3n) is 3.08. The lowest BCUT2D eigenvalue weighted by Gasteiger charge is -2.19. The Bertz CT molecular complexity index is 475. The molecular formula is C15H20O3. The van der Waals surface area contributed by atoms with Crippen molar-refractivity contribution in [3.8, 4) is 11.5 Å². The molecule has 2 rings (SSSR count). The summed E-state index contributed by atoms with van der Waals surface area (Å²) in [4.78, 5) is 11.2. The molecule has 0 unspecified atom stereocenters. The number of aryl methyl sites for hydroxylation is 1. The first-order valence-corrected chi connectivity index (χ1v) is 6.26. The van der Waals surface area contributed by atoms with Crippen LogP contribution < -0.4 is 9.47 Å². The lowest BCUT2D eigenvalue weighted by atomic mass is 9.97. The molecular weight excluding hydrogens is 228 g/mol. The molecule has 0 N–H and O–H groups in total. The molecule has 0 aromatic heterocycles. The summed E-state index contributed by atoms with van der Waals surface area (Å²) >= 11 is 0. The molecule has 98 valence electrons. The summed E-state index contributed by atoms with van der Waals surface area (Å²) in [6, 6.07) is 3.91. The molecule has 1 aliphatic heterocycles. The van der Waals surface area contributed by atoms with Crippen molar-refractivity contribution in [2.45, 2.75) is 34.1 Å². The largest absolute Gasteiger partial charge is 0.489 e. The number of hydrogen-bond acceptors (Lipinski definition) is 3. The molecule has 1 heterocycles. The molecule has 0 fully saturated rings. The Kier molecular flexibility index (Phi) is 3.33. The van der Waals surface area contributed by atoms with Crippen molar-refractivity contribution >= 4 is 5.78 Å². The van der Waals surface area contributed by atoms with Crippen LogP contribution in [0.25, 0.3) is 0 Å². The van der Waals surface area contributed by atoms with Gasteiger partial charge in [-0.25, -0.2) is 0 Å². The van der Waals surface area contributed by atoms with Gasteiger partial charge in [0, 0.05) is 11.8 Å². The van der Waals surface area contributed by atoms with Gasteiger partial charge in [-0.1, -0.05) is 13.8 Å². The van der Waals surface area contributed by atoms with Gasteiger partial charge in [0.2, 0.25) is 0 Å². The standard InChI is InChI=1S/C15H20O3/c1-10-5-13-14(7-12(10)6-11(2)16)18-9-15(3,4)8-17-13/h5,7H,6,8-9H2,1-4H3. The van der Waals surface area contributed by atoms with Crippen molar-refractivity contribution in [3.63, 3.8) is 0 Å². The van der Waals surface area contributed by atoms with Crippen molar-refractivity contribution in [1.29, 1.82) is 0 Å². The Labute approximate surface area is 108 Å². The second-order valence-electron chi connectivity index (χ2n) is 5.85. The second-order valence-corrected chi connectivity index (χ2v) is 5.85. The summed E-state index contributed by atoms with van der Waals surface area (Å²) in [5.41, 5.74) is 2.10. The number of rotatable bonds is 2. The average Bonchev–Trinajstić information content (AvgIpc) is 2.39. The van der Waals surface area contributed by atoms with Crippen LogP contribution in [0.15, 0.2) is 12.1 Å². The fourth-order valence-electron chi connectivity index (χ4n) is 1.98. The smallest absolute Gasteiger partial charge is 0.161 e. The summed E-state index contributed by atoms with van der Waals surface area (Å²) in [5, 5.41) is 0. The Morgan fingerprint density at radius 1 is 1.22 bits per heavy atom. The van der Waals surface area contributed by atoms with E-state index in [2.05, 4.69) is 13.8 Å². The first-order valence-electron chi connectivity index (χ1n) is 6.26. The highest BCUT2D eigenvalue weighted by Crippen LogP contribution is 2.36. The highest BCUT2D eigenvalue weighted by Gasteiger charge is 2.25. The monoisotopic (exact) mass is 248 g/mol. The maximum Gasteiger partial charge on any atom is 0.161 e. The van der Waals surface area contributed by atoms with Crippen LogP contribution in [0.4, 0.5) is 0 Å². The molecule has 0 amide bonds. The number of ketones is 1. The van der Waals surface area contributed by atoms with E-state index in [9.17, 15) is 4.79 Å². The van der Waals surface area contributed by atoms with Crippen LogP contribution in [0.5, 0.6) is 11.5 Å². The molecule has 0 spiro atoms. The van der Waals surface area contributed by atoms with Crippen molar-refractivity contribution in [2.24, 2.45) is 5.41 Å². The van der Waals surface area contributed by atoms with E-state index in [4.69, 9.17) is 9.47 Å². The molecule has 0 saturated carbocycles. The minimum atomic E-state index is 0.00760. The van der Waals surface area contributed by atoms with Gasteiger partial charge in [0.15, 0.2) is 11.5 Å². The van der Waals surface area contributed by atoms with E-state index in [1.54, 1.807) is 6.92 Å². The summed E-state index contributed by atoms with van der Waals surface area (Å²) in [6.45, 7) is 9.10. The number of carbonyl (C=O) groups excluding carboxylic acids is 1. The summed E-state index contributed by atoms with van der Waals surface area (Å²) in [6.07, 6.45) is 0.450. The molecule has 18 heavy (non-hydrogen) atoms. The van der Waals surface area contributed by atoms with E-state index >= 15 is 0 Å². The Hall–Kier alpha value is -1.51. The van der Waals surface area contributed by atoms with Crippen LogP contribution in [0, 0.1) is 12.3 Å². The van der Waals surface area contributed by atoms with Crippen molar-refractivity contribution in [2.75, 3.05) is 13.2 Å². The first-order chi connectivity index (χ1) is 8.37. The minimum absolute atomic E-state index is 0.00760. The maximum atomic E-state index is 11.2. The first kappa shape index (κ1) is 12.9. The quantitative estimate of drug-likeness (QED) is 0.807. The van der Waals surface area contributed by atoms with E-state index in [0.717, 1.165) is 22.6 Å². The van der Waals surface area contributed by atoms with Gasteiger partial charge in [-0.3, -0.25) is 4.79 Å². The number of ether oxygens (including phenoxy) is 2. The van der Waals surface area contributed by atoms with Gasteiger partial charge >= 0.3 is 0 Å². The van der Waals surface area contributed by atoms with E-state index < -0.39 is 0 Å². The summed E-state index contributed by atoms with van der Waals surface area (Å²) < 4.78 is 11.6. The maximum absolute atomic E-state index is 11.2. The SMILES string of the molecule is CC(=O)Cc1cc2c(cc1C)OCC(C)(C)CO2. The van der Waals surface area contributed by atoms with Gasteiger partial charge in [-0.05, 0) is 37.1 Å². The topological polar surface area (TPSA) is 35.5 Å². The van der Waals surface area contributed by atoms with Crippen molar-refractivity contribution in [1.82, 2.24) is 0 Å². The third kappa shape index (κ3) is 2.84. The van der Waals surface area contributed by atoms with Crippen LogP contribution in [-0.2, 0) is 11.2 Å². The molecule has 3 heteroatoms. The van der Waals surface area contributed by atoms with Gasteiger partial charge < -0.3 is 9.47 Å². The van der Waals surface area contributed by atoms with E-state index in [1.165, 1.54) is 0 Å². The second kappa shape index (κ2) is 4.63. The molecule has 0 saturated heterocycles. The Balaban J connectivity index is 2.32. The lowest BCUT2D eigenvalue weighted by molar-refractivity contribution is -0.116. The number of fused-ring (bicyclic) bond motifs is 1. The van der Waals surface area contributed by atoms with Crippen LogP contribution in [-0.4, -0.2) is 19.0 Å². The average molecular weight is 248 g/mol. The zero-order chi connectivity index (χ0) is 13.3. The molecule has 0 radical (unpaired) electrons. The highest BCUT2D eigenvalue weighted by molar-refractivity contribution is 5.78. The van der Waals surface area contributed by atoms with Crippen LogP contribution in [0.3, 0.4) is 0 Å². The Morgan fingerprint density at radius 2 is 1.78 bits per heavy atom. The number of benzene rings is 1. The minimum Gasteiger partial charge on any atom is -0.489 e. The molecule has 0 bridgehead atoms. The third-order valence-corrected chi connectivity index (χ3v) is 3.08. The molecule has 0 aliphatic carbocycles. The van der Waals surface area contributed by atoms with E-state index in [0.29, 0.717) is 19.6 Å². The van der Waals surface area contributed by atoms with E-state index in [1.807, 2.05) is 19.1 Å². The predicted octanol–water partition coefficient (Wildman–Crippen LogP) is 2.92. The number of carbonyl (C=O) groups is 1. The fraction of sp³-hybridized carbons (Fsp3) is 0.533. The summed E-state index contributed by atoms with van der Waals surface area (Å²) in [5.74, 6) is 1.70. The highest BCUT2D eigenvalue weighted by atomic mass is 16.5. The van der Waals surface area contributed by atoms with Crippen molar-refractivity contribution in [3.05, 3.63) is 23.3 Å². The van der Waals surface area contributed by atoms with Gasteiger partial charge in [0.25, 0.3) is 0 Å². The molecule has 0 atom stereocenters. The molecule has 3 nitrogen and oxygen atoms in total. The van der Waals surface area contributed by atoms with Crippen LogP contribution in [0.2, 0.25) is 0 Å². The molecule has 1 aromatic rings. The van der Waals surface area contributed by atoms with Gasteiger partial charge in [-0.2, -0.15) is 0 Å². The van der Waals surface area contributed by atoms with Gasteiger partial charge in [0.1, 0.15) is 5.78 Å². The predicted molar refractivity (Wildman–Crippen MR) is 70.3 cm³/mol. The van der Waals surface area contributed by atoms with Crippen molar-refractivity contribution < 1.29 is 14.3 Å². The fourth-order valence-corrected chi connectivity index (χ4v) is 1.98. The molecule has 1 aromatic carbocycles. The normalized spacial score (nSPS) is 17.1.